The Morgan fingerprint density at radius 1 is 1.55 bits per heavy atom. The zero-order valence-corrected chi connectivity index (χ0v) is 12.0. The SMILES string of the molecule is C=C/C=C\N=C(/CC)C[C@H](NC=O)C1=CCC=CC=C1. The maximum Gasteiger partial charge on any atom is 0.207 e. The first-order chi connectivity index (χ1) is 9.81. The van der Waals surface area contributed by atoms with Gasteiger partial charge in [0.1, 0.15) is 0 Å². The number of carbonyl (C=O) groups is 1. The van der Waals surface area contributed by atoms with Gasteiger partial charge in [-0.15, -0.1) is 0 Å². The second kappa shape index (κ2) is 9.73. The molecule has 3 nitrogen and oxygen atoms in total. The van der Waals surface area contributed by atoms with E-state index in [0.29, 0.717) is 6.42 Å². The molecule has 1 aliphatic rings. The molecule has 1 atom stereocenters. The van der Waals surface area contributed by atoms with Crippen molar-refractivity contribution < 1.29 is 4.79 Å². The predicted molar refractivity (Wildman–Crippen MR) is 85.6 cm³/mol. The number of rotatable bonds is 8. The topological polar surface area (TPSA) is 41.5 Å². The van der Waals surface area contributed by atoms with Crippen molar-refractivity contribution in [2.75, 3.05) is 0 Å². The third kappa shape index (κ3) is 5.65. The van der Waals surface area contributed by atoms with E-state index >= 15 is 0 Å². The smallest absolute Gasteiger partial charge is 0.207 e. The van der Waals surface area contributed by atoms with Gasteiger partial charge in [0.2, 0.25) is 6.41 Å². The van der Waals surface area contributed by atoms with Gasteiger partial charge in [-0.3, -0.25) is 9.79 Å². The summed E-state index contributed by atoms with van der Waals surface area (Å²) in [4.78, 5) is 15.2. The van der Waals surface area contributed by atoms with Crippen LogP contribution in [0, 0.1) is 0 Å². The lowest BCUT2D eigenvalue weighted by Gasteiger charge is -2.18. The molecule has 0 aromatic rings. The third-order valence-electron chi connectivity index (χ3n) is 3.02. The summed E-state index contributed by atoms with van der Waals surface area (Å²) < 4.78 is 0. The Morgan fingerprint density at radius 3 is 3.10 bits per heavy atom. The molecule has 0 aliphatic heterocycles. The lowest BCUT2D eigenvalue weighted by Crippen LogP contribution is -2.31. The molecule has 0 bridgehead atoms. The summed E-state index contributed by atoms with van der Waals surface area (Å²) in [6.07, 6.45) is 18.7. The highest BCUT2D eigenvalue weighted by Crippen LogP contribution is 2.14. The van der Waals surface area contributed by atoms with Gasteiger partial charge < -0.3 is 5.32 Å². The molecule has 0 spiro atoms. The van der Waals surface area contributed by atoms with E-state index in [0.717, 1.165) is 30.5 Å². The van der Waals surface area contributed by atoms with Crippen LogP contribution in [-0.4, -0.2) is 18.2 Å². The number of amides is 1. The van der Waals surface area contributed by atoms with Gasteiger partial charge >= 0.3 is 0 Å². The van der Waals surface area contributed by atoms with Crippen molar-refractivity contribution in [3.8, 4) is 0 Å². The number of nitrogens with zero attached hydrogens (tertiary/aromatic N) is 1. The third-order valence-corrected chi connectivity index (χ3v) is 3.02. The fraction of sp³-hybridized carbons (Fsp3) is 0.294. The molecule has 1 rings (SSSR count). The van der Waals surface area contributed by atoms with Gasteiger partial charge in [0.25, 0.3) is 0 Å². The molecular weight excluding hydrogens is 248 g/mol. The van der Waals surface area contributed by atoms with Crippen molar-refractivity contribution in [2.45, 2.75) is 32.2 Å². The van der Waals surface area contributed by atoms with Gasteiger partial charge in [0.15, 0.2) is 0 Å². The van der Waals surface area contributed by atoms with E-state index in [2.05, 4.69) is 36.0 Å². The Kier molecular flexibility index (Phi) is 7.73. The van der Waals surface area contributed by atoms with Crippen molar-refractivity contribution in [1.82, 2.24) is 5.32 Å². The minimum Gasteiger partial charge on any atom is -0.352 e. The Balaban J connectivity index is 2.82. The van der Waals surface area contributed by atoms with Gasteiger partial charge in [-0.2, -0.15) is 0 Å². The van der Waals surface area contributed by atoms with E-state index in [4.69, 9.17) is 0 Å². The Morgan fingerprint density at radius 2 is 2.40 bits per heavy atom. The normalized spacial score (nSPS) is 16.6. The summed E-state index contributed by atoms with van der Waals surface area (Å²) in [7, 11) is 0. The van der Waals surface area contributed by atoms with Gasteiger partial charge in [0.05, 0.1) is 6.04 Å². The lowest BCUT2D eigenvalue weighted by atomic mass is 9.99. The van der Waals surface area contributed by atoms with Crippen LogP contribution in [0.1, 0.15) is 26.2 Å². The molecule has 106 valence electrons. The van der Waals surface area contributed by atoms with Crippen LogP contribution in [0.2, 0.25) is 0 Å². The monoisotopic (exact) mass is 270 g/mol. The molecule has 0 saturated heterocycles. The Labute approximate surface area is 121 Å². The van der Waals surface area contributed by atoms with Crippen LogP contribution in [0.5, 0.6) is 0 Å². The van der Waals surface area contributed by atoms with Gasteiger partial charge in [0, 0.05) is 18.3 Å². The number of carbonyl (C=O) groups excluding carboxylic acids is 1. The van der Waals surface area contributed by atoms with Crippen molar-refractivity contribution in [3.05, 3.63) is 60.9 Å². The van der Waals surface area contributed by atoms with Crippen molar-refractivity contribution in [2.24, 2.45) is 4.99 Å². The first kappa shape index (κ1) is 15.9. The average Bonchev–Trinajstić information content (AvgIpc) is 2.74. The number of aliphatic imine (C=N–C) groups is 1. The summed E-state index contributed by atoms with van der Waals surface area (Å²) in [6, 6.07) is -0.0283. The lowest BCUT2D eigenvalue weighted by molar-refractivity contribution is -0.109. The quantitative estimate of drug-likeness (QED) is 0.409. The summed E-state index contributed by atoms with van der Waals surface area (Å²) in [5.41, 5.74) is 2.17. The van der Waals surface area contributed by atoms with E-state index < -0.39 is 0 Å². The molecule has 0 unspecified atom stereocenters. The fourth-order valence-electron chi connectivity index (χ4n) is 1.94. The predicted octanol–water partition coefficient (Wildman–Crippen LogP) is 3.48. The summed E-state index contributed by atoms with van der Waals surface area (Å²) in [5, 5.41) is 2.88. The molecule has 0 aromatic heterocycles. The maximum absolute atomic E-state index is 10.8. The van der Waals surface area contributed by atoms with E-state index in [-0.39, 0.29) is 6.04 Å². The highest BCUT2D eigenvalue weighted by Gasteiger charge is 2.14. The fourth-order valence-corrected chi connectivity index (χ4v) is 1.94. The van der Waals surface area contributed by atoms with Crippen LogP contribution in [0.25, 0.3) is 0 Å². The summed E-state index contributed by atoms with van der Waals surface area (Å²) >= 11 is 0. The second-order valence-corrected chi connectivity index (χ2v) is 4.39. The molecule has 1 amide bonds. The van der Waals surface area contributed by atoms with Crippen molar-refractivity contribution >= 4 is 12.1 Å². The number of nitrogens with one attached hydrogen (secondary N) is 1. The molecule has 1 N–H and O–H groups in total. The highest BCUT2D eigenvalue weighted by molar-refractivity contribution is 5.86. The molecule has 0 heterocycles. The zero-order chi connectivity index (χ0) is 14.6. The van der Waals surface area contributed by atoms with E-state index in [9.17, 15) is 4.79 Å². The molecule has 20 heavy (non-hydrogen) atoms. The number of allylic oxidation sites excluding steroid dienone is 6. The molecule has 0 radical (unpaired) electrons. The van der Waals surface area contributed by atoms with Gasteiger partial charge in [-0.1, -0.05) is 50.0 Å². The minimum atomic E-state index is -0.0283. The van der Waals surface area contributed by atoms with Crippen LogP contribution >= 0.6 is 0 Å². The second-order valence-electron chi connectivity index (χ2n) is 4.39. The zero-order valence-electron chi connectivity index (χ0n) is 12.0. The van der Waals surface area contributed by atoms with E-state index in [1.165, 1.54) is 0 Å². The minimum absolute atomic E-state index is 0.0283. The summed E-state index contributed by atoms with van der Waals surface area (Å²) in [6.45, 7) is 5.68. The molecule has 0 aromatic carbocycles. The van der Waals surface area contributed by atoms with E-state index in [1.54, 1.807) is 18.4 Å². The standard InChI is InChI=1S/C17H22N2O/c1-3-5-12-18-16(4-2)13-17(19-14-20)15-10-8-6-7-9-11-15/h3,5-8,10-12,14,17H,1,4,9,13H2,2H3,(H,19,20)/b12-5-,18-16+/t17-/m0/s1. The van der Waals surface area contributed by atoms with Crippen LogP contribution in [-0.2, 0) is 4.79 Å². The molecule has 0 fully saturated rings. The van der Waals surface area contributed by atoms with E-state index in [1.807, 2.05) is 18.2 Å². The average molecular weight is 270 g/mol. The molecule has 0 saturated carbocycles. The van der Waals surface area contributed by atoms with Crippen LogP contribution in [0.4, 0.5) is 0 Å². The van der Waals surface area contributed by atoms with Crippen LogP contribution in [0.15, 0.2) is 65.9 Å². The van der Waals surface area contributed by atoms with Crippen molar-refractivity contribution in [3.63, 3.8) is 0 Å². The van der Waals surface area contributed by atoms with Crippen molar-refractivity contribution in [1.29, 1.82) is 0 Å². The first-order valence-corrected chi connectivity index (χ1v) is 6.87. The first-order valence-electron chi connectivity index (χ1n) is 6.87. The Hall–Kier alpha value is -2.16. The molecule has 3 heteroatoms. The highest BCUT2D eigenvalue weighted by atomic mass is 16.1. The largest absolute Gasteiger partial charge is 0.352 e. The molecule has 1 aliphatic carbocycles. The van der Waals surface area contributed by atoms with Crippen LogP contribution in [0.3, 0.4) is 0 Å². The van der Waals surface area contributed by atoms with Gasteiger partial charge in [-0.25, -0.2) is 0 Å². The van der Waals surface area contributed by atoms with Crippen LogP contribution < -0.4 is 5.32 Å². The summed E-state index contributed by atoms with van der Waals surface area (Å²) in [5.74, 6) is 0. The van der Waals surface area contributed by atoms with Gasteiger partial charge in [-0.05, 0) is 24.5 Å². The Bertz CT molecular complexity index is 467. The maximum atomic E-state index is 10.8. The number of hydrogen-bond donors (Lipinski definition) is 1. The number of hydrogen-bond acceptors (Lipinski definition) is 2. The molecular formula is C17H22N2O.